The Morgan fingerprint density at radius 3 is 2.84 bits per heavy atom. The lowest BCUT2D eigenvalue weighted by Gasteiger charge is -2.39. The number of nitrogens with two attached hydrogens (primary N) is 1. The normalized spacial score (nSPS) is 28.2. The van der Waals surface area contributed by atoms with Crippen LogP contribution in [0.3, 0.4) is 0 Å². The highest BCUT2D eigenvalue weighted by Crippen LogP contribution is 2.24. The Kier molecular flexibility index (Phi) is 3.75. The zero-order valence-corrected chi connectivity index (χ0v) is 11.1. The monoisotopic (exact) mass is 268 g/mol. The number of hydrogen-bond donors (Lipinski definition) is 3. The van der Waals surface area contributed by atoms with Crippen LogP contribution in [0.15, 0.2) is 0 Å². The number of likely N-dealkylation sites (tertiary alicyclic amines) is 1. The summed E-state index contributed by atoms with van der Waals surface area (Å²) in [4.78, 5) is 36.9. The maximum absolute atomic E-state index is 12.2. The number of carbonyl (C=O) groups is 3. The van der Waals surface area contributed by atoms with Crippen LogP contribution in [0.2, 0.25) is 0 Å². The molecule has 2 aliphatic rings. The summed E-state index contributed by atoms with van der Waals surface area (Å²) in [5.41, 5.74) is 4.87. The summed E-state index contributed by atoms with van der Waals surface area (Å²) in [6.07, 6.45) is 2.69. The predicted octanol–water partition coefficient (Wildman–Crippen LogP) is -0.686. The predicted molar refractivity (Wildman–Crippen MR) is 68.1 cm³/mol. The number of piperidine rings is 1. The second-order valence-electron chi connectivity index (χ2n) is 5.25. The minimum absolute atomic E-state index is 0.144. The van der Waals surface area contributed by atoms with E-state index in [0.29, 0.717) is 25.8 Å². The Hall–Kier alpha value is -1.63. The van der Waals surface area contributed by atoms with Crippen molar-refractivity contribution in [1.29, 1.82) is 0 Å². The molecule has 19 heavy (non-hydrogen) atoms. The molecule has 0 aromatic carbocycles. The van der Waals surface area contributed by atoms with Gasteiger partial charge in [0.2, 0.25) is 5.91 Å². The Morgan fingerprint density at radius 2 is 2.26 bits per heavy atom. The van der Waals surface area contributed by atoms with Gasteiger partial charge in [0, 0.05) is 6.54 Å². The van der Waals surface area contributed by atoms with Gasteiger partial charge in [-0.15, -0.1) is 0 Å². The number of hydrogen-bond acceptors (Lipinski definition) is 4. The van der Waals surface area contributed by atoms with E-state index in [1.165, 1.54) is 0 Å². The average Bonchev–Trinajstić information content (AvgIpc) is 2.63. The molecule has 0 aliphatic carbocycles. The zero-order valence-electron chi connectivity index (χ0n) is 11.1. The molecule has 2 unspecified atom stereocenters. The lowest BCUT2D eigenvalue weighted by atomic mass is 9.88. The van der Waals surface area contributed by atoms with Crippen LogP contribution in [-0.2, 0) is 9.59 Å². The van der Waals surface area contributed by atoms with Gasteiger partial charge < -0.3 is 16.0 Å². The van der Waals surface area contributed by atoms with Gasteiger partial charge in [0.1, 0.15) is 5.54 Å². The molecule has 0 bridgehead atoms. The van der Waals surface area contributed by atoms with E-state index < -0.39 is 17.6 Å². The van der Waals surface area contributed by atoms with Crippen LogP contribution in [0.1, 0.15) is 32.6 Å². The Bertz CT molecular complexity index is 412. The van der Waals surface area contributed by atoms with Gasteiger partial charge in [-0.3, -0.25) is 14.9 Å². The van der Waals surface area contributed by atoms with Gasteiger partial charge in [0.25, 0.3) is 5.91 Å². The van der Waals surface area contributed by atoms with Crippen LogP contribution >= 0.6 is 0 Å². The van der Waals surface area contributed by atoms with Gasteiger partial charge in [0.15, 0.2) is 0 Å². The lowest BCUT2D eigenvalue weighted by Crippen LogP contribution is -2.61. The zero-order chi connectivity index (χ0) is 14.0. The van der Waals surface area contributed by atoms with Crippen molar-refractivity contribution in [2.45, 2.75) is 44.2 Å². The summed E-state index contributed by atoms with van der Waals surface area (Å²) in [5.74, 6) is -0.492. The van der Waals surface area contributed by atoms with Crippen LogP contribution in [0.5, 0.6) is 0 Å². The third-order valence-electron chi connectivity index (χ3n) is 3.74. The maximum Gasteiger partial charge on any atom is 0.322 e. The van der Waals surface area contributed by atoms with Gasteiger partial charge in [-0.05, 0) is 19.3 Å². The van der Waals surface area contributed by atoms with Gasteiger partial charge in [-0.2, -0.15) is 0 Å². The maximum atomic E-state index is 12.2. The molecule has 0 saturated carbocycles. The van der Waals surface area contributed by atoms with Crippen molar-refractivity contribution < 1.29 is 14.4 Å². The SMILES string of the molecule is CCCC(N)C(=O)N1CCCC2(C1)NC(=O)NC2=O. The first-order valence-electron chi connectivity index (χ1n) is 6.66. The van der Waals surface area contributed by atoms with E-state index in [2.05, 4.69) is 10.6 Å². The molecule has 4 N–H and O–H groups in total. The number of urea groups is 1. The number of amides is 4. The van der Waals surface area contributed by atoms with E-state index in [1.807, 2.05) is 6.92 Å². The van der Waals surface area contributed by atoms with Crippen LogP contribution < -0.4 is 16.4 Å². The summed E-state index contributed by atoms with van der Waals surface area (Å²) in [5, 5.41) is 4.87. The van der Waals surface area contributed by atoms with Crippen LogP contribution in [0, 0.1) is 0 Å². The summed E-state index contributed by atoms with van der Waals surface area (Å²) in [6, 6.07) is -1.02. The highest BCUT2D eigenvalue weighted by molar-refractivity contribution is 6.07. The molecule has 7 nitrogen and oxygen atoms in total. The molecule has 2 atom stereocenters. The summed E-state index contributed by atoms with van der Waals surface area (Å²) >= 11 is 0. The molecule has 2 rings (SSSR count). The Morgan fingerprint density at radius 1 is 1.53 bits per heavy atom. The quantitative estimate of drug-likeness (QED) is 0.589. The van der Waals surface area contributed by atoms with Gasteiger partial charge >= 0.3 is 6.03 Å². The van der Waals surface area contributed by atoms with Crippen LogP contribution in [0.4, 0.5) is 4.79 Å². The number of rotatable bonds is 3. The van der Waals surface area contributed by atoms with E-state index in [1.54, 1.807) is 4.90 Å². The Balaban J connectivity index is 2.07. The standard InChI is InChI=1S/C12H20N4O3/c1-2-4-8(13)9(17)16-6-3-5-12(7-16)10(18)14-11(19)15-12/h8H,2-7,13H2,1H3,(H2,14,15,18,19). The van der Waals surface area contributed by atoms with E-state index >= 15 is 0 Å². The molecule has 106 valence electrons. The Labute approximate surface area is 111 Å². The summed E-state index contributed by atoms with van der Waals surface area (Å²) < 4.78 is 0. The minimum atomic E-state index is -0.961. The summed E-state index contributed by atoms with van der Waals surface area (Å²) in [7, 11) is 0. The third-order valence-corrected chi connectivity index (χ3v) is 3.74. The topological polar surface area (TPSA) is 105 Å². The molecule has 2 fully saturated rings. The van der Waals surface area contributed by atoms with Crippen molar-refractivity contribution in [1.82, 2.24) is 15.5 Å². The van der Waals surface area contributed by atoms with Crippen molar-refractivity contribution in [3.8, 4) is 0 Å². The fourth-order valence-electron chi connectivity index (χ4n) is 2.73. The molecular weight excluding hydrogens is 248 g/mol. The minimum Gasteiger partial charge on any atom is -0.338 e. The van der Waals surface area contributed by atoms with E-state index in [9.17, 15) is 14.4 Å². The highest BCUT2D eigenvalue weighted by atomic mass is 16.2. The van der Waals surface area contributed by atoms with Crippen molar-refractivity contribution in [3.05, 3.63) is 0 Å². The number of nitrogens with one attached hydrogen (secondary N) is 2. The van der Waals surface area contributed by atoms with Gasteiger partial charge in [-0.1, -0.05) is 13.3 Å². The molecular formula is C12H20N4O3. The number of imide groups is 1. The van der Waals surface area contributed by atoms with E-state index in [4.69, 9.17) is 5.73 Å². The molecule has 0 aromatic rings. The van der Waals surface area contributed by atoms with E-state index in [0.717, 1.165) is 6.42 Å². The number of nitrogens with zero attached hydrogens (tertiary/aromatic N) is 1. The van der Waals surface area contributed by atoms with Gasteiger partial charge in [-0.25, -0.2) is 4.79 Å². The van der Waals surface area contributed by atoms with E-state index in [-0.39, 0.29) is 18.4 Å². The number of carbonyl (C=O) groups excluding carboxylic acids is 3. The molecule has 2 saturated heterocycles. The fourth-order valence-corrected chi connectivity index (χ4v) is 2.73. The van der Waals surface area contributed by atoms with Crippen molar-refractivity contribution >= 4 is 17.8 Å². The summed E-state index contributed by atoms with van der Waals surface area (Å²) in [6.45, 7) is 2.76. The van der Waals surface area contributed by atoms with Crippen molar-refractivity contribution in [2.24, 2.45) is 5.73 Å². The second kappa shape index (κ2) is 5.16. The largest absolute Gasteiger partial charge is 0.338 e. The van der Waals surface area contributed by atoms with Crippen molar-refractivity contribution in [2.75, 3.05) is 13.1 Å². The third kappa shape index (κ3) is 2.56. The molecule has 0 aromatic heterocycles. The fraction of sp³-hybridized carbons (Fsp3) is 0.750. The van der Waals surface area contributed by atoms with Crippen LogP contribution in [-0.4, -0.2) is 47.4 Å². The molecule has 2 aliphatic heterocycles. The average molecular weight is 268 g/mol. The van der Waals surface area contributed by atoms with Crippen molar-refractivity contribution in [3.63, 3.8) is 0 Å². The lowest BCUT2D eigenvalue weighted by molar-refractivity contribution is -0.137. The molecule has 2 heterocycles. The molecule has 0 radical (unpaired) electrons. The molecule has 1 spiro atoms. The second-order valence-corrected chi connectivity index (χ2v) is 5.25. The first kappa shape index (κ1) is 13.8. The first-order valence-corrected chi connectivity index (χ1v) is 6.66. The molecule has 4 amide bonds. The van der Waals surface area contributed by atoms with Crippen LogP contribution in [0.25, 0.3) is 0 Å². The molecule has 7 heteroatoms. The smallest absolute Gasteiger partial charge is 0.322 e. The van der Waals surface area contributed by atoms with Gasteiger partial charge in [0.05, 0.1) is 12.6 Å². The first-order chi connectivity index (χ1) is 8.98. The highest BCUT2D eigenvalue weighted by Gasteiger charge is 2.49.